The Bertz CT molecular complexity index is 1270. The van der Waals surface area contributed by atoms with Crippen LogP contribution in [-0.4, -0.2) is 63.4 Å². The first-order valence-corrected chi connectivity index (χ1v) is 13.7. The number of carbonyl (C=O) groups excluding carboxylic acids is 1. The third-order valence-corrected chi connectivity index (χ3v) is 8.74. The van der Waals surface area contributed by atoms with Gasteiger partial charge in [-0.2, -0.15) is 0 Å². The van der Waals surface area contributed by atoms with Gasteiger partial charge in [0, 0.05) is 55.6 Å². The highest BCUT2D eigenvalue weighted by Crippen LogP contribution is 2.49. The molecule has 7 heteroatoms. The van der Waals surface area contributed by atoms with Crippen molar-refractivity contribution in [1.29, 1.82) is 0 Å². The van der Waals surface area contributed by atoms with E-state index < -0.39 is 0 Å². The summed E-state index contributed by atoms with van der Waals surface area (Å²) in [5, 5.41) is 1.20. The Labute approximate surface area is 216 Å². The monoisotopic (exact) mass is 503 g/mol. The second kappa shape index (κ2) is 9.61. The molecule has 0 bridgehead atoms. The molecule has 2 aromatic heterocycles. The molecule has 0 N–H and O–H groups in total. The zero-order valence-electron chi connectivity index (χ0n) is 21.1. The summed E-state index contributed by atoms with van der Waals surface area (Å²) in [6, 6.07) is 13.0. The van der Waals surface area contributed by atoms with Crippen molar-refractivity contribution >= 4 is 27.8 Å². The number of pyridine rings is 1. The molecule has 3 aliphatic rings. The van der Waals surface area contributed by atoms with Crippen LogP contribution in [0.2, 0.25) is 0 Å². The van der Waals surface area contributed by atoms with Crippen LogP contribution < -0.4 is 9.80 Å². The number of hydrogen-bond donors (Lipinski definition) is 0. The van der Waals surface area contributed by atoms with Crippen LogP contribution in [0.5, 0.6) is 0 Å². The molecular weight excluding hydrogens is 470 g/mol. The normalized spacial score (nSPS) is 19.9. The minimum absolute atomic E-state index is 0.0372. The Morgan fingerprint density at radius 1 is 0.889 bits per heavy atom. The van der Waals surface area contributed by atoms with Crippen molar-refractivity contribution in [3.05, 3.63) is 53.0 Å². The van der Waals surface area contributed by atoms with Gasteiger partial charge in [0.05, 0.1) is 42.0 Å². The summed E-state index contributed by atoms with van der Waals surface area (Å²) in [5.41, 5.74) is 6.79. The number of thiophene rings is 1. The number of rotatable bonds is 4. The molecule has 6 rings (SSSR count). The van der Waals surface area contributed by atoms with Crippen molar-refractivity contribution < 1.29 is 14.3 Å². The predicted molar refractivity (Wildman–Crippen MR) is 145 cm³/mol. The topological polar surface area (TPSA) is 54.9 Å². The Morgan fingerprint density at radius 3 is 2.36 bits per heavy atom. The molecule has 0 radical (unpaired) electrons. The molecule has 36 heavy (non-hydrogen) atoms. The molecule has 4 heterocycles. The molecular formula is C29H33N3O3S. The van der Waals surface area contributed by atoms with Gasteiger partial charge in [-0.1, -0.05) is 26.0 Å². The number of hydrogen-bond acceptors (Lipinski definition) is 7. The summed E-state index contributed by atoms with van der Waals surface area (Å²) < 4.78 is 11.2. The van der Waals surface area contributed by atoms with Gasteiger partial charge < -0.3 is 19.3 Å². The number of nitrogens with zero attached hydrogens (tertiary/aromatic N) is 3. The minimum atomic E-state index is -0.0372. The fraction of sp³-hybridized carbons (Fsp3) is 0.448. The van der Waals surface area contributed by atoms with Gasteiger partial charge in [0.2, 0.25) is 0 Å². The highest BCUT2D eigenvalue weighted by atomic mass is 32.1. The lowest BCUT2D eigenvalue weighted by molar-refractivity contribution is 0.0918. The van der Waals surface area contributed by atoms with Crippen LogP contribution in [0.3, 0.4) is 0 Å². The first-order chi connectivity index (χ1) is 17.5. The molecule has 2 fully saturated rings. The average Bonchev–Trinajstić information content (AvgIpc) is 3.28. The number of anilines is 2. The quantitative estimate of drug-likeness (QED) is 0.481. The number of Topliss-reactive ketones (excluding diaryl/α,β-unsaturated/α-hetero) is 1. The van der Waals surface area contributed by atoms with E-state index in [1.54, 1.807) is 11.3 Å². The molecule has 2 saturated heterocycles. The Balaban J connectivity index is 1.43. The molecule has 1 aliphatic carbocycles. The number of carbonyl (C=O) groups is 1. The smallest absolute Gasteiger partial charge is 0.173 e. The molecule has 0 amide bonds. The van der Waals surface area contributed by atoms with E-state index in [9.17, 15) is 4.79 Å². The van der Waals surface area contributed by atoms with Crippen LogP contribution in [-0.2, 0) is 15.9 Å². The van der Waals surface area contributed by atoms with E-state index in [2.05, 4.69) is 60.0 Å². The maximum absolute atomic E-state index is 13.2. The average molecular weight is 504 g/mol. The molecule has 1 aromatic carbocycles. The fourth-order valence-corrected chi connectivity index (χ4v) is 6.95. The summed E-state index contributed by atoms with van der Waals surface area (Å²) in [5.74, 6) is 0.277. The third-order valence-electron chi connectivity index (χ3n) is 7.40. The molecule has 0 spiro atoms. The summed E-state index contributed by atoms with van der Waals surface area (Å²) in [7, 11) is 0. The number of benzene rings is 1. The van der Waals surface area contributed by atoms with Crippen molar-refractivity contribution in [3.8, 4) is 22.4 Å². The van der Waals surface area contributed by atoms with Gasteiger partial charge in [0.15, 0.2) is 5.78 Å². The van der Waals surface area contributed by atoms with Crippen LogP contribution >= 0.6 is 11.3 Å². The standard InChI is InChI=1S/C29H33N3O3S/c1-29(2)18-23-26(28(32-10-14-35-15-11-32)36-27(23)25(33)19-29)21-6-7-30-24(17-21)20-4-3-5-22(16-20)31-8-12-34-13-9-31/h3-7,16-17H,8-15,18-19H2,1-2H3. The van der Waals surface area contributed by atoms with Gasteiger partial charge in [0.1, 0.15) is 0 Å². The first kappa shape index (κ1) is 23.6. The number of ether oxygens (including phenoxy) is 2. The van der Waals surface area contributed by atoms with Crippen LogP contribution in [0.25, 0.3) is 22.4 Å². The Hall–Kier alpha value is -2.74. The third kappa shape index (κ3) is 4.56. The molecule has 0 atom stereocenters. The van der Waals surface area contributed by atoms with E-state index in [0.717, 1.165) is 80.7 Å². The predicted octanol–water partition coefficient (Wildman–Crippen LogP) is 5.31. The lowest BCUT2D eigenvalue weighted by Gasteiger charge is -2.30. The highest BCUT2D eigenvalue weighted by molar-refractivity contribution is 7.19. The maximum Gasteiger partial charge on any atom is 0.173 e. The van der Waals surface area contributed by atoms with Crippen LogP contribution in [0, 0.1) is 5.41 Å². The molecule has 3 aromatic rings. The molecule has 2 aliphatic heterocycles. The van der Waals surface area contributed by atoms with E-state index in [4.69, 9.17) is 14.5 Å². The van der Waals surface area contributed by atoms with E-state index in [1.807, 2.05) is 6.20 Å². The van der Waals surface area contributed by atoms with E-state index in [-0.39, 0.29) is 11.2 Å². The summed E-state index contributed by atoms with van der Waals surface area (Å²) in [6.07, 6.45) is 3.43. The van der Waals surface area contributed by atoms with E-state index >= 15 is 0 Å². The molecule has 0 unspecified atom stereocenters. The largest absolute Gasteiger partial charge is 0.378 e. The summed E-state index contributed by atoms with van der Waals surface area (Å²) >= 11 is 1.68. The van der Waals surface area contributed by atoms with E-state index in [0.29, 0.717) is 6.42 Å². The lowest BCUT2D eigenvalue weighted by Crippen LogP contribution is -2.36. The van der Waals surface area contributed by atoms with Crippen molar-refractivity contribution in [2.24, 2.45) is 5.41 Å². The molecule has 188 valence electrons. The fourth-order valence-electron chi connectivity index (χ4n) is 5.62. The summed E-state index contributed by atoms with van der Waals surface area (Å²) in [6.45, 7) is 10.9. The number of fused-ring (bicyclic) bond motifs is 1. The van der Waals surface area contributed by atoms with E-state index in [1.165, 1.54) is 21.8 Å². The van der Waals surface area contributed by atoms with Crippen molar-refractivity contribution in [3.63, 3.8) is 0 Å². The SMILES string of the molecule is CC1(C)CC(=O)c2sc(N3CCOCC3)c(-c3ccnc(-c4cccc(N5CCOCC5)c4)c3)c2C1. The number of ketones is 1. The summed E-state index contributed by atoms with van der Waals surface area (Å²) in [4.78, 5) is 23.7. The van der Waals surface area contributed by atoms with Gasteiger partial charge in [-0.05, 0) is 47.2 Å². The molecule has 6 nitrogen and oxygen atoms in total. The van der Waals surface area contributed by atoms with Crippen LogP contribution in [0.4, 0.5) is 10.7 Å². The maximum atomic E-state index is 13.2. The second-order valence-electron chi connectivity index (χ2n) is 10.7. The van der Waals surface area contributed by atoms with Gasteiger partial charge in [-0.15, -0.1) is 11.3 Å². The van der Waals surface area contributed by atoms with Crippen molar-refractivity contribution in [2.75, 3.05) is 62.4 Å². The number of aromatic nitrogens is 1. The first-order valence-electron chi connectivity index (χ1n) is 12.9. The minimum Gasteiger partial charge on any atom is -0.378 e. The molecule has 0 saturated carbocycles. The van der Waals surface area contributed by atoms with Crippen molar-refractivity contribution in [1.82, 2.24) is 4.98 Å². The highest BCUT2D eigenvalue weighted by Gasteiger charge is 2.37. The van der Waals surface area contributed by atoms with Gasteiger partial charge in [0.25, 0.3) is 0 Å². The Kier molecular flexibility index (Phi) is 6.32. The lowest BCUT2D eigenvalue weighted by atomic mass is 9.75. The van der Waals surface area contributed by atoms with Crippen LogP contribution in [0.15, 0.2) is 42.6 Å². The second-order valence-corrected chi connectivity index (χ2v) is 11.7. The van der Waals surface area contributed by atoms with Crippen molar-refractivity contribution in [2.45, 2.75) is 26.7 Å². The van der Waals surface area contributed by atoms with Crippen LogP contribution in [0.1, 0.15) is 35.5 Å². The van der Waals surface area contributed by atoms with Gasteiger partial charge in [-0.3, -0.25) is 9.78 Å². The van der Waals surface area contributed by atoms with Gasteiger partial charge in [-0.25, -0.2) is 0 Å². The number of morpholine rings is 2. The Morgan fingerprint density at radius 2 is 1.61 bits per heavy atom. The zero-order valence-corrected chi connectivity index (χ0v) is 21.9. The van der Waals surface area contributed by atoms with Gasteiger partial charge >= 0.3 is 0 Å². The zero-order chi connectivity index (χ0) is 24.7.